The van der Waals surface area contributed by atoms with Crippen molar-refractivity contribution in [1.82, 2.24) is 4.98 Å². The molecule has 1 aromatic heterocycles. The summed E-state index contributed by atoms with van der Waals surface area (Å²) in [5.41, 5.74) is 10.1. The molecule has 1 aromatic carbocycles. The van der Waals surface area contributed by atoms with Crippen LogP contribution in [0, 0.1) is 6.92 Å². The summed E-state index contributed by atoms with van der Waals surface area (Å²) in [5, 5.41) is 1.40. The number of benzene rings is 1. The minimum absolute atomic E-state index is 0.429. The summed E-state index contributed by atoms with van der Waals surface area (Å²) in [6, 6.07) is 7.12. The fourth-order valence-electron chi connectivity index (χ4n) is 3.03. The average molecular weight is 228 g/mol. The van der Waals surface area contributed by atoms with Gasteiger partial charge in [0.2, 0.25) is 0 Å². The minimum Gasteiger partial charge on any atom is -0.361 e. The van der Waals surface area contributed by atoms with Gasteiger partial charge in [-0.25, -0.2) is 0 Å². The van der Waals surface area contributed by atoms with Gasteiger partial charge in [0.25, 0.3) is 0 Å². The minimum atomic E-state index is 0.429. The molecule has 1 saturated carbocycles. The van der Waals surface area contributed by atoms with Gasteiger partial charge in [-0.05, 0) is 55.7 Å². The highest BCUT2D eigenvalue weighted by Crippen LogP contribution is 2.36. The maximum Gasteiger partial charge on any atom is 0.0459 e. The molecule has 0 saturated heterocycles. The maximum atomic E-state index is 5.98. The van der Waals surface area contributed by atoms with Crippen LogP contribution in [0.2, 0.25) is 0 Å². The van der Waals surface area contributed by atoms with Crippen LogP contribution in [-0.2, 0) is 0 Å². The van der Waals surface area contributed by atoms with Crippen LogP contribution < -0.4 is 5.73 Å². The van der Waals surface area contributed by atoms with E-state index in [1.54, 1.807) is 0 Å². The number of fused-ring (bicyclic) bond motifs is 1. The molecule has 0 aliphatic heterocycles. The van der Waals surface area contributed by atoms with E-state index in [-0.39, 0.29) is 0 Å². The van der Waals surface area contributed by atoms with Gasteiger partial charge in [0.1, 0.15) is 0 Å². The van der Waals surface area contributed by atoms with Gasteiger partial charge in [0.15, 0.2) is 0 Å². The first-order valence-corrected chi connectivity index (χ1v) is 6.57. The number of hydrogen-bond acceptors (Lipinski definition) is 1. The van der Waals surface area contributed by atoms with Crippen molar-refractivity contribution >= 4 is 10.9 Å². The van der Waals surface area contributed by atoms with Crippen LogP contribution >= 0.6 is 0 Å². The second kappa shape index (κ2) is 4.19. The summed E-state index contributed by atoms with van der Waals surface area (Å²) in [7, 11) is 0. The molecule has 0 spiro atoms. The third kappa shape index (κ3) is 1.98. The van der Waals surface area contributed by atoms with E-state index in [9.17, 15) is 0 Å². The Balaban J connectivity index is 1.95. The molecule has 2 aromatic rings. The fourth-order valence-corrected chi connectivity index (χ4v) is 3.03. The highest BCUT2D eigenvalue weighted by molar-refractivity contribution is 5.84. The summed E-state index contributed by atoms with van der Waals surface area (Å²) in [5.74, 6) is 0.700. The van der Waals surface area contributed by atoms with Gasteiger partial charge in [-0.15, -0.1) is 0 Å². The van der Waals surface area contributed by atoms with Gasteiger partial charge in [-0.1, -0.05) is 12.1 Å². The fraction of sp³-hybridized carbons (Fsp3) is 0.467. The van der Waals surface area contributed by atoms with Crippen molar-refractivity contribution in [3.05, 3.63) is 35.5 Å². The summed E-state index contributed by atoms with van der Waals surface area (Å²) in [6.07, 6.45) is 7.02. The van der Waals surface area contributed by atoms with Gasteiger partial charge in [-0.3, -0.25) is 0 Å². The zero-order chi connectivity index (χ0) is 11.8. The number of H-pyrrole nitrogens is 1. The molecule has 1 aliphatic rings. The lowest BCUT2D eigenvalue weighted by molar-refractivity contribution is 0.397. The number of hydrogen-bond donors (Lipinski definition) is 2. The van der Waals surface area contributed by atoms with E-state index in [0.717, 1.165) is 0 Å². The lowest BCUT2D eigenvalue weighted by Crippen LogP contribution is -2.25. The third-order valence-electron chi connectivity index (χ3n) is 4.08. The van der Waals surface area contributed by atoms with Crippen LogP contribution in [0.4, 0.5) is 0 Å². The summed E-state index contributed by atoms with van der Waals surface area (Å²) < 4.78 is 0. The van der Waals surface area contributed by atoms with Crippen molar-refractivity contribution in [3.8, 4) is 0 Å². The number of aryl methyl sites for hydroxylation is 1. The van der Waals surface area contributed by atoms with Crippen molar-refractivity contribution in [3.63, 3.8) is 0 Å². The van der Waals surface area contributed by atoms with Crippen LogP contribution in [0.1, 0.15) is 42.7 Å². The highest BCUT2D eigenvalue weighted by Gasteiger charge is 2.22. The molecule has 0 unspecified atom stereocenters. The summed E-state index contributed by atoms with van der Waals surface area (Å²) in [6.45, 7) is 2.14. The van der Waals surface area contributed by atoms with Gasteiger partial charge in [-0.2, -0.15) is 0 Å². The van der Waals surface area contributed by atoms with Gasteiger partial charge >= 0.3 is 0 Å². The number of nitrogens with one attached hydrogen (secondary N) is 1. The molecular weight excluding hydrogens is 208 g/mol. The molecule has 2 nitrogen and oxygen atoms in total. The Hall–Kier alpha value is -1.28. The standard InChI is InChI=1S/C15H20N2/c1-10-2-7-13-14(9-17-15(13)8-10)11-3-5-12(16)6-4-11/h2,7-9,11-12,17H,3-6,16H2,1H3. The van der Waals surface area contributed by atoms with E-state index >= 15 is 0 Å². The van der Waals surface area contributed by atoms with Crippen LogP contribution in [0.5, 0.6) is 0 Å². The van der Waals surface area contributed by atoms with Crippen LogP contribution in [0.3, 0.4) is 0 Å². The van der Waals surface area contributed by atoms with E-state index in [2.05, 4.69) is 36.3 Å². The number of rotatable bonds is 1. The quantitative estimate of drug-likeness (QED) is 0.771. The molecule has 3 rings (SSSR count). The Bertz CT molecular complexity index is 519. The van der Waals surface area contributed by atoms with Crippen molar-refractivity contribution in [2.75, 3.05) is 0 Å². The van der Waals surface area contributed by atoms with Crippen molar-refractivity contribution < 1.29 is 0 Å². The van der Waals surface area contributed by atoms with Crippen molar-refractivity contribution in [1.29, 1.82) is 0 Å². The molecule has 17 heavy (non-hydrogen) atoms. The van der Waals surface area contributed by atoms with E-state index in [1.165, 1.54) is 47.7 Å². The van der Waals surface area contributed by atoms with E-state index < -0.39 is 0 Å². The summed E-state index contributed by atoms with van der Waals surface area (Å²) >= 11 is 0. The predicted molar refractivity (Wildman–Crippen MR) is 72.2 cm³/mol. The van der Waals surface area contributed by atoms with E-state index in [4.69, 9.17) is 5.73 Å². The molecule has 1 heterocycles. The Morgan fingerprint density at radius 1 is 1.18 bits per heavy atom. The smallest absolute Gasteiger partial charge is 0.0459 e. The molecule has 0 radical (unpaired) electrons. The van der Waals surface area contributed by atoms with Crippen molar-refractivity contribution in [2.24, 2.45) is 5.73 Å². The van der Waals surface area contributed by atoms with Crippen LogP contribution in [0.25, 0.3) is 10.9 Å². The molecule has 0 bridgehead atoms. The second-order valence-corrected chi connectivity index (χ2v) is 5.40. The zero-order valence-electron chi connectivity index (χ0n) is 10.4. The Kier molecular flexibility index (Phi) is 2.67. The highest BCUT2D eigenvalue weighted by atomic mass is 14.7. The van der Waals surface area contributed by atoms with Crippen molar-refractivity contribution in [2.45, 2.75) is 44.6 Å². The largest absolute Gasteiger partial charge is 0.361 e. The number of nitrogens with two attached hydrogens (primary N) is 1. The Morgan fingerprint density at radius 2 is 1.94 bits per heavy atom. The monoisotopic (exact) mass is 228 g/mol. The third-order valence-corrected chi connectivity index (χ3v) is 4.08. The van der Waals surface area contributed by atoms with Crippen LogP contribution in [0.15, 0.2) is 24.4 Å². The van der Waals surface area contributed by atoms with Crippen LogP contribution in [-0.4, -0.2) is 11.0 Å². The molecule has 2 heteroatoms. The van der Waals surface area contributed by atoms with E-state index in [1.807, 2.05) is 0 Å². The van der Waals surface area contributed by atoms with Gasteiger partial charge in [0.05, 0.1) is 0 Å². The lowest BCUT2D eigenvalue weighted by Gasteiger charge is -2.25. The molecule has 0 amide bonds. The number of aromatic nitrogens is 1. The first-order chi connectivity index (χ1) is 8.24. The van der Waals surface area contributed by atoms with Gasteiger partial charge < -0.3 is 10.7 Å². The molecule has 90 valence electrons. The molecule has 1 fully saturated rings. The lowest BCUT2D eigenvalue weighted by atomic mass is 9.82. The maximum absolute atomic E-state index is 5.98. The topological polar surface area (TPSA) is 41.8 Å². The second-order valence-electron chi connectivity index (χ2n) is 5.40. The summed E-state index contributed by atoms with van der Waals surface area (Å²) in [4.78, 5) is 3.41. The molecular formula is C15H20N2. The molecule has 0 atom stereocenters. The molecule has 3 N–H and O–H groups in total. The first-order valence-electron chi connectivity index (χ1n) is 6.57. The first kappa shape index (κ1) is 10.8. The zero-order valence-corrected chi connectivity index (χ0v) is 10.4. The SMILES string of the molecule is Cc1ccc2c(C3CCC(N)CC3)c[nH]c2c1. The number of aromatic amines is 1. The Morgan fingerprint density at radius 3 is 2.71 bits per heavy atom. The van der Waals surface area contributed by atoms with Gasteiger partial charge in [0, 0.05) is 23.1 Å². The molecule has 1 aliphatic carbocycles. The van der Waals surface area contributed by atoms with E-state index in [0.29, 0.717) is 12.0 Å². The predicted octanol–water partition coefficient (Wildman–Crippen LogP) is 3.46. The Labute approximate surface area is 102 Å². The normalized spacial score (nSPS) is 25.3. The average Bonchev–Trinajstić information content (AvgIpc) is 2.73.